The molecule has 0 aromatic heterocycles. The number of carbonyl (C=O) groups excluding carboxylic acids is 1. The molecule has 0 saturated carbocycles. The van der Waals surface area contributed by atoms with E-state index < -0.39 is 30.7 Å². The lowest BCUT2D eigenvalue weighted by Crippen LogP contribution is -2.17. The third-order valence-corrected chi connectivity index (χ3v) is 1.65. The first kappa shape index (κ1) is 13.8. The molecule has 1 rings (SSSR count). The summed E-state index contributed by atoms with van der Waals surface area (Å²) in [6.45, 7) is -0.820. The number of aliphatic carboxylic acids is 1. The van der Waals surface area contributed by atoms with Crippen LogP contribution in [0.5, 0.6) is 5.75 Å². The molecule has 0 unspecified atom stereocenters. The first-order valence-electron chi connectivity index (χ1n) is 4.52. The van der Waals surface area contributed by atoms with E-state index in [1.165, 1.54) is 0 Å². The van der Waals surface area contributed by atoms with Crippen LogP contribution in [0.1, 0.15) is 10.4 Å². The van der Waals surface area contributed by atoms with Crippen LogP contribution in [0.4, 0.5) is 13.2 Å². The monoisotopic (exact) mass is 264 g/mol. The van der Waals surface area contributed by atoms with Gasteiger partial charge in [-0.2, -0.15) is 0 Å². The van der Waals surface area contributed by atoms with E-state index in [0.717, 1.165) is 24.3 Å². The van der Waals surface area contributed by atoms with E-state index in [9.17, 15) is 22.8 Å². The van der Waals surface area contributed by atoms with Crippen LogP contribution in [0.3, 0.4) is 0 Å². The van der Waals surface area contributed by atoms with Gasteiger partial charge in [-0.25, -0.2) is 9.59 Å². The Balaban J connectivity index is 2.65. The Labute approximate surface area is 98.7 Å². The van der Waals surface area contributed by atoms with Crippen molar-refractivity contribution in [2.24, 2.45) is 0 Å². The van der Waals surface area contributed by atoms with E-state index in [0.29, 0.717) is 0 Å². The highest BCUT2D eigenvalue weighted by Gasteiger charge is 2.31. The van der Waals surface area contributed by atoms with Crippen molar-refractivity contribution in [1.82, 2.24) is 0 Å². The minimum atomic E-state index is -4.81. The van der Waals surface area contributed by atoms with Gasteiger partial charge in [0.15, 0.2) is 6.61 Å². The number of ether oxygens (including phenoxy) is 2. The standard InChI is InChI=1S/C10H7F3O5/c11-10(12,13)18-7-3-1-6(2-4-7)9(16)17-5-8(14)15/h1-4H,5H2,(H,14,15). The van der Waals surface area contributed by atoms with Crippen molar-refractivity contribution in [3.63, 3.8) is 0 Å². The van der Waals surface area contributed by atoms with Gasteiger partial charge >= 0.3 is 18.3 Å². The lowest BCUT2D eigenvalue weighted by molar-refractivity contribution is -0.274. The number of alkyl halides is 3. The van der Waals surface area contributed by atoms with Crippen molar-refractivity contribution in [3.05, 3.63) is 29.8 Å². The number of carboxylic acids is 1. The molecule has 0 aliphatic rings. The summed E-state index contributed by atoms with van der Waals surface area (Å²) in [6.07, 6.45) is -4.81. The normalized spacial score (nSPS) is 10.8. The van der Waals surface area contributed by atoms with Gasteiger partial charge in [-0.3, -0.25) is 0 Å². The first-order valence-corrected chi connectivity index (χ1v) is 4.52. The summed E-state index contributed by atoms with van der Waals surface area (Å²) in [5.41, 5.74) is -0.0780. The van der Waals surface area contributed by atoms with E-state index in [-0.39, 0.29) is 5.56 Å². The molecule has 1 N–H and O–H groups in total. The molecule has 18 heavy (non-hydrogen) atoms. The second-order valence-electron chi connectivity index (χ2n) is 3.04. The van der Waals surface area contributed by atoms with Crippen LogP contribution in [0.15, 0.2) is 24.3 Å². The summed E-state index contributed by atoms with van der Waals surface area (Å²) < 4.78 is 43.4. The fraction of sp³-hybridized carbons (Fsp3) is 0.200. The summed E-state index contributed by atoms with van der Waals surface area (Å²) in [4.78, 5) is 21.3. The Morgan fingerprint density at radius 3 is 2.17 bits per heavy atom. The van der Waals surface area contributed by atoms with Gasteiger partial charge in [-0.05, 0) is 24.3 Å². The number of carboxylic acid groups (broad SMARTS) is 1. The molecule has 0 spiro atoms. The van der Waals surface area contributed by atoms with Gasteiger partial charge in [-0.15, -0.1) is 13.2 Å². The smallest absolute Gasteiger partial charge is 0.479 e. The number of hydrogen-bond donors (Lipinski definition) is 1. The van der Waals surface area contributed by atoms with Gasteiger partial charge in [0.2, 0.25) is 0 Å². The Bertz CT molecular complexity index is 438. The number of benzene rings is 1. The predicted molar refractivity (Wildman–Crippen MR) is 51.0 cm³/mol. The molecule has 0 amide bonds. The molecule has 0 heterocycles. The van der Waals surface area contributed by atoms with Gasteiger partial charge in [0, 0.05) is 0 Å². The lowest BCUT2D eigenvalue weighted by Gasteiger charge is -2.08. The predicted octanol–water partition coefficient (Wildman–Crippen LogP) is 1.83. The van der Waals surface area contributed by atoms with Crippen molar-refractivity contribution in [2.45, 2.75) is 6.36 Å². The summed E-state index contributed by atoms with van der Waals surface area (Å²) in [6, 6.07) is 3.91. The van der Waals surface area contributed by atoms with Gasteiger partial charge < -0.3 is 14.6 Å². The van der Waals surface area contributed by atoms with Crippen molar-refractivity contribution in [1.29, 1.82) is 0 Å². The van der Waals surface area contributed by atoms with Gasteiger partial charge in [0.25, 0.3) is 0 Å². The van der Waals surface area contributed by atoms with Crippen molar-refractivity contribution < 1.29 is 37.3 Å². The Morgan fingerprint density at radius 1 is 1.17 bits per heavy atom. The number of hydrogen-bond acceptors (Lipinski definition) is 4. The molecule has 0 radical (unpaired) electrons. The maximum atomic E-state index is 11.8. The van der Waals surface area contributed by atoms with E-state index in [1.807, 2.05) is 0 Å². The zero-order chi connectivity index (χ0) is 13.8. The van der Waals surface area contributed by atoms with E-state index in [2.05, 4.69) is 9.47 Å². The Hall–Kier alpha value is -2.25. The molecule has 98 valence electrons. The maximum absolute atomic E-state index is 11.8. The van der Waals surface area contributed by atoms with E-state index in [1.54, 1.807) is 0 Å². The highest BCUT2D eigenvalue weighted by Crippen LogP contribution is 2.22. The number of esters is 1. The van der Waals surface area contributed by atoms with Gasteiger partial charge in [0.1, 0.15) is 5.75 Å². The fourth-order valence-corrected chi connectivity index (χ4v) is 1.00. The van der Waals surface area contributed by atoms with Crippen LogP contribution in [0.2, 0.25) is 0 Å². The molecule has 0 saturated heterocycles. The van der Waals surface area contributed by atoms with Crippen LogP contribution >= 0.6 is 0 Å². The molecule has 8 heteroatoms. The first-order chi connectivity index (χ1) is 8.28. The van der Waals surface area contributed by atoms with Crippen LogP contribution in [0, 0.1) is 0 Å². The second kappa shape index (κ2) is 5.39. The zero-order valence-corrected chi connectivity index (χ0v) is 8.73. The van der Waals surface area contributed by atoms with E-state index >= 15 is 0 Å². The number of halogens is 3. The second-order valence-corrected chi connectivity index (χ2v) is 3.04. The Morgan fingerprint density at radius 2 is 1.72 bits per heavy atom. The van der Waals surface area contributed by atoms with E-state index in [4.69, 9.17) is 5.11 Å². The van der Waals surface area contributed by atoms with Crippen molar-refractivity contribution in [3.8, 4) is 5.75 Å². The van der Waals surface area contributed by atoms with Gasteiger partial charge in [0.05, 0.1) is 5.56 Å². The maximum Gasteiger partial charge on any atom is 0.573 e. The summed E-state index contributed by atoms with van der Waals surface area (Å²) in [5.74, 6) is -2.77. The molecule has 5 nitrogen and oxygen atoms in total. The van der Waals surface area contributed by atoms with Crippen molar-refractivity contribution in [2.75, 3.05) is 6.61 Å². The molecule has 1 aromatic carbocycles. The average Bonchev–Trinajstić information content (AvgIpc) is 2.24. The molecule has 1 aromatic rings. The Kier molecular flexibility index (Phi) is 4.13. The molecule has 0 fully saturated rings. The largest absolute Gasteiger partial charge is 0.573 e. The highest BCUT2D eigenvalue weighted by molar-refractivity contribution is 5.90. The van der Waals surface area contributed by atoms with Crippen molar-refractivity contribution >= 4 is 11.9 Å². The quantitative estimate of drug-likeness (QED) is 0.840. The zero-order valence-electron chi connectivity index (χ0n) is 8.73. The number of carbonyl (C=O) groups is 2. The highest BCUT2D eigenvalue weighted by atomic mass is 19.4. The molecular formula is C10H7F3O5. The lowest BCUT2D eigenvalue weighted by atomic mass is 10.2. The molecule has 0 aliphatic carbocycles. The minimum Gasteiger partial charge on any atom is -0.479 e. The van der Waals surface area contributed by atoms with Gasteiger partial charge in [-0.1, -0.05) is 0 Å². The topological polar surface area (TPSA) is 72.8 Å². The molecular weight excluding hydrogens is 257 g/mol. The summed E-state index contributed by atoms with van der Waals surface area (Å²) >= 11 is 0. The average molecular weight is 264 g/mol. The third-order valence-electron chi connectivity index (χ3n) is 1.65. The summed E-state index contributed by atoms with van der Waals surface area (Å²) in [7, 11) is 0. The van der Waals surface area contributed by atoms with Crippen LogP contribution in [-0.2, 0) is 9.53 Å². The third kappa shape index (κ3) is 4.73. The molecule has 0 atom stereocenters. The van der Waals surface area contributed by atoms with Crippen LogP contribution < -0.4 is 4.74 Å². The number of rotatable bonds is 4. The molecule has 0 bridgehead atoms. The fourth-order valence-electron chi connectivity index (χ4n) is 1.00. The van der Waals surface area contributed by atoms with Crippen LogP contribution in [-0.4, -0.2) is 30.0 Å². The minimum absolute atomic E-state index is 0.0780. The van der Waals surface area contributed by atoms with Crippen LogP contribution in [0.25, 0.3) is 0 Å². The molecule has 0 aliphatic heterocycles. The summed E-state index contributed by atoms with van der Waals surface area (Å²) in [5, 5.41) is 8.26. The SMILES string of the molecule is O=C(O)COC(=O)c1ccc(OC(F)(F)F)cc1.